The van der Waals surface area contributed by atoms with Crippen LogP contribution in [0.3, 0.4) is 0 Å². The van der Waals surface area contributed by atoms with Gasteiger partial charge in [-0.2, -0.15) is 0 Å². The second-order valence-corrected chi connectivity index (χ2v) is 9.29. The Morgan fingerprint density at radius 3 is 2.55 bits per heavy atom. The van der Waals surface area contributed by atoms with Crippen molar-refractivity contribution in [2.75, 3.05) is 18.5 Å². The zero-order valence-electron chi connectivity index (χ0n) is 21.8. The van der Waals surface area contributed by atoms with Gasteiger partial charge in [0.2, 0.25) is 11.9 Å². The molecule has 0 radical (unpaired) electrons. The van der Waals surface area contributed by atoms with Gasteiger partial charge in [0.15, 0.2) is 0 Å². The van der Waals surface area contributed by atoms with E-state index < -0.39 is 11.8 Å². The summed E-state index contributed by atoms with van der Waals surface area (Å²) in [6, 6.07) is 27.4. The Bertz CT molecular complexity index is 1600. The number of amides is 2. The molecule has 0 aliphatic heterocycles. The van der Waals surface area contributed by atoms with E-state index >= 15 is 0 Å². The normalized spacial score (nSPS) is 10.8. The molecule has 2 aromatic heterocycles. The van der Waals surface area contributed by atoms with Crippen molar-refractivity contribution in [1.82, 2.24) is 14.5 Å². The summed E-state index contributed by atoms with van der Waals surface area (Å²) in [5.41, 5.74) is 2.63. The third kappa shape index (κ3) is 6.24. The molecule has 202 valence electrons. The highest BCUT2D eigenvalue weighted by Gasteiger charge is 2.23. The van der Waals surface area contributed by atoms with Crippen LogP contribution in [0.15, 0.2) is 108 Å². The lowest BCUT2D eigenvalue weighted by Crippen LogP contribution is -2.38. The molecule has 0 bridgehead atoms. The van der Waals surface area contributed by atoms with Crippen molar-refractivity contribution >= 4 is 29.4 Å². The Balaban J connectivity index is 1.45. The van der Waals surface area contributed by atoms with Crippen LogP contribution in [0.4, 0.5) is 5.95 Å². The van der Waals surface area contributed by atoms with E-state index in [-0.39, 0.29) is 13.1 Å². The largest absolute Gasteiger partial charge is 0.494 e. The van der Waals surface area contributed by atoms with Gasteiger partial charge in [0, 0.05) is 17.8 Å². The first-order chi connectivity index (χ1) is 19.5. The number of hydrogen-bond donors (Lipinski definition) is 1. The summed E-state index contributed by atoms with van der Waals surface area (Å²) in [5.74, 6) is 0.714. The summed E-state index contributed by atoms with van der Waals surface area (Å²) in [7, 11) is 0. The molecule has 0 spiro atoms. The van der Waals surface area contributed by atoms with Crippen LogP contribution < -0.4 is 10.1 Å². The molecule has 8 nitrogen and oxygen atoms in total. The molecular formula is C31H27ClN4O4. The minimum atomic E-state index is -0.431. The minimum Gasteiger partial charge on any atom is -0.494 e. The number of halogens is 1. The molecule has 0 aliphatic carbocycles. The lowest BCUT2D eigenvalue weighted by molar-refractivity contribution is -0.117. The molecular weight excluding hydrogens is 528 g/mol. The van der Waals surface area contributed by atoms with Crippen molar-refractivity contribution in [3.05, 3.63) is 120 Å². The van der Waals surface area contributed by atoms with Crippen LogP contribution in [0.5, 0.6) is 5.75 Å². The Hall–Kier alpha value is -4.82. The quantitative estimate of drug-likeness (QED) is 0.214. The second kappa shape index (κ2) is 12.4. The number of nitrogens with one attached hydrogen (secondary N) is 1. The Kier molecular flexibility index (Phi) is 8.27. The Morgan fingerprint density at radius 2 is 1.80 bits per heavy atom. The maximum absolute atomic E-state index is 13.4. The summed E-state index contributed by atoms with van der Waals surface area (Å²) in [5, 5.41) is 3.20. The van der Waals surface area contributed by atoms with Gasteiger partial charge in [0.05, 0.1) is 41.4 Å². The summed E-state index contributed by atoms with van der Waals surface area (Å²) >= 11 is 6.30. The van der Waals surface area contributed by atoms with Gasteiger partial charge < -0.3 is 14.1 Å². The SMILES string of the molecule is CCOc1cccc(-n2cc(-c3ccccc3)nc2NC(=O)CN(Cc2ccco2)C(=O)c2ccccc2Cl)c1. The molecule has 3 aromatic carbocycles. The molecule has 1 N–H and O–H groups in total. The molecule has 40 heavy (non-hydrogen) atoms. The molecule has 0 fully saturated rings. The Morgan fingerprint density at radius 1 is 1.00 bits per heavy atom. The summed E-state index contributed by atoms with van der Waals surface area (Å²) in [6.07, 6.45) is 3.37. The smallest absolute Gasteiger partial charge is 0.256 e. The monoisotopic (exact) mass is 554 g/mol. The number of nitrogens with zero attached hydrogens (tertiary/aromatic N) is 3. The van der Waals surface area contributed by atoms with Crippen LogP contribution in [0.2, 0.25) is 5.02 Å². The van der Waals surface area contributed by atoms with Gasteiger partial charge in [-0.3, -0.25) is 19.5 Å². The van der Waals surface area contributed by atoms with Gasteiger partial charge in [-0.15, -0.1) is 0 Å². The predicted octanol–water partition coefficient (Wildman–Crippen LogP) is 6.47. The fourth-order valence-electron chi connectivity index (χ4n) is 4.24. The van der Waals surface area contributed by atoms with Gasteiger partial charge >= 0.3 is 0 Å². The zero-order valence-corrected chi connectivity index (χ0v) is 22.5. The van der Waals surface area contributed by atoms with Gasteiger partial charge in [-0.1, -0.05) is 60.1 Å². The van der Waals surface area contributed by atoms with Crippen molar-refractivity contribution in [3.8, 4) is 22.7 Å². The van der Waals surface area contributed by atoms with E-state index in [1.807, 2.05) is 67.7 Å². The summed E-state index contributed by atoms with van der Waals surface area (Å²) in [4.78, 5) is 33.0. The van der Waals surface area contributed by atoms with Gasteiger partial charge in [-0.05, 0) is 43.3 Å². The van der Waals surface area contributed by atoms with Crippen LogP contribution in [0.1, 0.15) is 23.0 Å². The lowest BCUT2D eigenvalue weighted by Gasteiger charge is -2.22. The summed E-state index contributed by atoms with van der Waals surface area (Å²) < 4.78 is 12.9. The van der Waals surface area contributed by atoms with E-state index in [4.69, 9.17) is 25.7 Å². The number of aromatic nitrogens is 2. The number of anilines is 1. The number of furan rings is 1. The molecule has 0 saturated heterocycles. The fraction of sp³-hybridized carbons (Fsp3) is 0.129. The van der Waals surface area contributed by atoms with Gasteiger partial charge in [0.1, 0.15) is 18.1 Å². The molecule has 9 heteroatoms. The molecule has 5 rings (SSSR count). The van der Waals surface area contributed by atoms with Crippen molar-refractivity contribution in [2.24, 2.45) is 0 Å². The fourth-order valence-corrected chi connectivity index (χ4v) is 4.45. The molecule has 0 unspecified atom stereocenters. The van der Waals surface area contributed by atoms with Crippen LogP contribution in [0, 0.1) is 0 Å². The standard InChI is InChI=1S/C31H27ClN4O4/c1-2-39-24-13-8-12-23(18-24)36-20-28(22-10-4-3-5-11-22)33-31(36)34-29(37)21-35(19-25-14-9-17-40-25)30(38)26-15-6-7-16-27(26)32/h3-18,20H,2,19,21H2,1H3,(H,33,34,37). The van der Waals surface area contributed by atoms with Crippen molar-refractivity contribution in [2.45, 2.75) is 13.5 Å². The van der Waals surface area contributed by atoms with E-state index in [1.54, 1.807) is 41.0 Å². The first-order valence-electron chi connectivity index (χ1n) is 12.8. The van der Waals surface area contributed by atoms with Gasteiger partial charge in [0.25, 0.3) is 5.91 Å². The first kappa shape index (κ1) is 26.8. The van der Waals surface area contributed by atoms with Crippen LogP contribution in [0.25, 0.3) is 16.9 Å². The van der Waals surface area contributed by atoms with Crippen LogP contribution in [-0.2, 0) is 11.3 Å². The second-order valence-electron chi connectivity index (χ2n) is 8.88. The molecule has 0 aliphatic rings. The van der Waals surface area contributed by atoms with Crippen LogP contribution in [-0.4, -0.2) is 39.4 Å². The third-order valence-corrected chi connectivity index (χ3v) is 6.42. The highest BCUT2D eigenvalue weighted by molar-refractivity contribution is 6.33. The van der Waals surface area contributed by atoms with E-state index in [1.165, 1.54) is 11.2 Å². The highest BCUT2D eigenvalue weighted by atomic mass is 35.5. The molecule has 5 aromatic rings. The number of carbonyl (C=O) groups is 2. The lowest BCUT2D eigenvalue weighted by atomic mass is 10.2. The number of imidazole rings is 1. The molecule has 0 saturated carbocycles. The highest BCUT2D eigenvalue weighted by Crippen LogP contribution is 2.26. The number of hydrogen-bond acceptors (Lipinski definition) is 5. The molecule has 0 atom stereocenters. The van der Waals surface area contributed by atoms with Crippen molar-refractivity contribution in [3.63, 3.8) is 0 Å². The van der Waals surface area contributed by atoms with Gasteiger partial charge in [-0.25, -0.2) is 4.98 Å². The average Bonchev–Trinajstić information content (AvgIpc) is 3.64. The number of ether oxygens (including phenoxy) is 1. The Labute approximate surface area is 236 Å². The number of carbonyl (C=O) groups excluding carboxylic acids is 2. The average molecular weight is 555 g/mol. The molecule has 2 heterocycles. The van der Waals surface area contributed by atoms with Crippen LogP contribution >= 0.6 is 11.6 Å². The van der Waals surface area contributed by atoms with E-state index in [0.29, 0.717) is 40.3 Å². The third-order valence-electron chi connectivity index (χ3n) is 6.09. The number of rotatable bonds is 10. The van der Waals surface area contributed by atoms with E-state index in [9.17, 15) is 9.59 Å². The number of benzene rings is 3. The maximum Gasteiger partial charge on any atom is 0.256 e. The topological polar surface area (TPSA) is 89.6 Å². The maximum atomic E-state index is 13.4. The summed E-state index contributed by atoms with van der Waals surface area (Å²) in [6.45, 7) is 2.28. The minimum absolute atomic E-state index is 0.0879. The predicted molar refractivity (Wildman–Crippen MR) is 154 cm³/mol. The van der Waals surface area contributed by atoms with E-state index in [0.717, 1.165) is 11.3 Å². The van der Waals surface area contributed by atoms with Crippen molar-refractivity contribution in [1.29, 1.82) is 0 Å². The van der Waals surface area contributed by atoms with Crippen molar-refractivity contribution < 1.29 is 18.7 Å². The van der Waals surface area contributed by atoms with E-state index in [2.05, 4.69) is 5.32 Å². The molecule has 2 amide bonds. The zero-order chi connectivity index (χ0) is 27.9. The first-order valence-corrected chi connectivity index (χ1v) is 13.1.